The summed E-state index contributed by atoms with van der Waals surface area (Å²) in [5, 5.41) is 14.5. The first-order valence-electron chi connectivity index (χ1n) is 32.9. The van der Waals surface area contributed by atoms with E-state index in [2.05, 4.69) is 44.8 Å². The third-order valence-electron chi connectivity index (χ3n) is 17.5. The quantitative estimate of drug-likeness (QED) is 0.0412. The van der Waals surface area contributed by atoms with E-state index in [0.717, 1.165) is 73.6 Å². The molecular formula is C68H104N8O13S2. The minimum absolute atomic E-state index is 0.227. The Hall–Kier alpha value is -5.78. The molecule has 3 saturated heterocycles. The number of benzene rings is 2. The van der Waals surface area contributed by atoms with Gasteiger partial charge in [0.15, 0.2) is 0 Å². The molecular weight excluding hydrogens is 1200 g/mol. The van der Waals surface area contributed by atoms with Crippen LogP contribution in [-0.4, -0.2) is 172 Å². The number of alkyl carbamates (subject to hydrolysis) is 1. The molecule has 5 aliphatic rings. The van der Waals surface area contributed by atoms with Gasteiger partial charge < -0.3 is 60.1 Å². The summed E-state index contributed by atoms with van der Waals surface area (Å²) in [4.78, 5) is 112. The van der Waals surface area contributed by atoms with E-state index in [-0.39, 0.29) is 59.3 Å². The van der Waals surface area contributed by atoms with Gasteiger partial charge in [-0.15, -0.1) is 23.5 Å². The summed E-state index contributed by atoms with van der Waals surface area (Å²) in [6.45, 7) is 20.7. The normalized spacial score (nSPS) is 24.1. The van der Waals surface area contributed by atoms with Gasteiger partial charge >= 0.3 is 18.3 Å². The fraction of sp³-hybridized carbons (Fsp3) is 0.706. The Kier molecular flexibility index (Phi) is 25.8. The molecule has 5 N–H and O–H groups in total. The van der Waals surface area contributed by atoms with Crippen molar-refractivity contribution in [3.05, 3.63) is 70.8 Å². The van der Waals surface area contributed by atoms with Gasteiger partial charge in [-0.1, -0.05) is 114 Å². The van der Waals surface area contributed by atoms with Crippen molar-refractivity contribution in [1.29, 1.82) is 0 Å². The maximum absolute atomic E-state index is 14.7. The third kappa shape index (κ3) is 21.1. The van der Waals surface area contributed by atoms with Crippen LogP contribution in [-0.2, 0) is 60.5 Å². The van der Waals surface area contributed by atoms with Crippen LogP contribution in [0.25, 0.3) is 0 Å². The van der Waals surface area contributed by atoms with Crippen LogP contribution in [0.2, 0.25) is 0 Å². The average molecular weight is 1310 g/mol. The van der Waals surface area contributed by atoms with E-state index >= 15 is 0 Å². The Bertz CT molecular complexity index is 2840. The molecule has 0 spiro atoms. The van der Waals surface area contributed by atoms with Crippen molar-refractivity contribution >= 4 is 71.3 Å². The number of carbonyl (C=O) groups excluding carboxylic acids is 8. The van der Waals surface area contributed by atoms with E-state index in [1.165, 1.54) is 48.5 Å². The van der Waals surface area contributed by atoms with Crippen molar-refractivity contribution in [2.75, 3.05) is 45.4 Å². The van der Waals surface area contributed by atoms with Gasteiger partial charge in [-0.3, -0.25) is 28.9 Å². The van der Waals surface area contributed by atoms with Crippen molar-refractivity contribution in [1.82, 2.24) is 41.3 Å². The van der Waals surface area contributed by atoms with Crippen molar-refractivity contribution in [2.24, 2.45) is 5.41 Å². The summed E-state index contributed by atoms with van der Waals surface area (Å²) in [6.07, 6.45) is 11.6. The molecule has 23 heteroatoms. The van der Waals surface area contributed by atoms with Crippen LogP contribution in [0.5, 0.6) is 0 Å². The maximum Gasteiger partial charge on any atom is 0.410 e. The van der Waals surface area contributed by atoms with E-state index in [0.29, 0.717) is 63.2 Å². The van der Waals surface area contributed by atoms with Crippen molar-refractivity contribution < 1.29 is 62.0 Å². The van der Waals surface area contributed by atoms with Crippen LogP contribution in [0.3, 0.4) is 0 Å². The Balaban J connectivity index is 0.774. The zero-order chi connectivity index (χ0) is 66.4. The molecule has 0 radical (unpaired) electrons. The predicted octanol–water partition coefficient (Wildman–Crippen LogP) is 10.0. The minimum Gasteiger partial charge on any atom is -0.444 e. The van der Waals surface area contributed by atoms with Crippen LogP contribution in [0.4, 0.5) is 14.4 Å². The molecule has 21 nitrogen and oxygen atoms in total. The number of hydrogen-bond donors (Lipinski definition) is 5. The van der Waals surface area contributed by atoms with Gasteiger partial charge in [0.25, 0.3) is 0 Å². The number of ether oxygens (including phenoxy) is 5. The number of fused-ring (bicyclic) bond motifs is 3. The molecule has 0 bridgehead atoms. The monoisotopic (exact) mass is 1300 g/mol. The lowest BCUT2D eigenvalue weighted by atomic mass is 9.83. The van der Waals surface area contributed by atoms with E-state index in [1.54, 1.807) is 65.1 Å². The second kappa shape index (κ2) is 32.4. The Morgan fingerprint density at radius 2 is 1.16 bits per heavy atom. The smallest absolute Gasteiger partial charge is 0.410 e. The highest BCUT2D eigenvalue weighted by atomic mass is 32.2. The molecule has 0 saturated carbocycles. The number of rotatable bonds is 27. The van der Waals surface area contributed by atoms with Gasteiger partial charge in [-0.05, 0) is 134 Å². The molecule has 3 heterocycles. The maximum atomic E-state index is 14.7. The fourth-order valence-electron chi connectivity index (χ4n) is 12.7. The summed E-state index contributed by atoms with van der Waals surface area (Å²) in [5.41, 5.74) is 1.37. The number of thioether (sulfide) groups is 2. The first-order chi connectivity index (χ1) is 42.9. The molecule has 506 valence electrons. The van der Waals surface area contributed by atoms with Gasteiger partial charge in [0.2, 0.25) is 29.5 Å². The third-order valence-corrected chi connectivity index (χ3v) is 19.9. The van der Waals surface area contributed by atoms with Gasteiger partial charge in [0, 0.05) is 46.6 Å². The fourth-order valence-corrected chi connectivity index (χ4v) is 15.6. The Labute approximate surface area is 548 Å². The standard InChI is InChI=1S/C68H104N8O13S2/c1-43(75(13)64(84)89-66(5,6)7)58(78)70-49-33-37-91-54-41-67(8,9)57(76(54)61(49)81)60(80)72-55-46-30-24-22-28-44(46)38-50(55)85-34-26-20-18-16-14-15-17-19-21-27-35-86-51-39-45-29-23-25-31-47(45)56(51)73-62(82)87-68(10,11)40-53-71-59(79)48(32-36-90-53)69-52(77)42-74(12)63(83)88-65(2,3)4/h22-25,28-31,43,48-51,53-57H,14-21,26-27,32-42H2,1-13H3,(H,69,77)(H,70,78)(H,71,79)(H,72,80)(H,73,82)/t43-,48-,49-,50+,51+,53-,54-,55-,56-,57+/m0/s1. The number of likely N-dealkylation sites (N-methyl/N-ethyl adjacent to an activating group) is 2. The summed E-state index contributed by atoms with van der Waals surface area (Å²) in [7, 11) is 2.97. The van der Waals surface area contributed by atoms with Crippen LogP contribution in [0.1, 0.15) is 200 Å². The SMILES string of the molecule is C[C@@H](C(=O)N[C@H]1CCS[C@H]2CC(C)(C)[C@@H](C(=O)N[C@H]3c4ccccc4C[C@H]3OCCCCCCCCCCCCO[C@@H]3Cc4ccccc4[C@@H]3NC(=O)OC(C)(C)C[C@H]3NC(=O)[C@@H](NC(=O)CN(C)C(=O)OC(C)(C)C)CCS3)N2C1=O)N(C)C(=O)OC(C)(C)C. The van der Waals surface area contributed by atoms with Gasteiger partial charge in [-0.25, -0.2) is 14.4 Å². The zero-order valence-electron chi connectivity index (χ0n) is 56.2. The summed E-state index contributed by atoms with van der Waals surface area (Å²) >= 11 is 3.16. The van der Waals surface area contributed by atoms with Crippen LogP contribution in [0, 0.1) is 5.41 Å². The van der Waals surface area contributed by atoms with Crippen LogP contribution >= 0.6 is 23.5 Å². The van der Waals surface area contributed by atoms with Crippen molar-refractivity contribution in [2.45, 2.75) is 255 Å². The number of hydrogen-bond acceptors (Lipinski definition) is 15. The average Bonchev–Trinajstić information content (AvgIpc) is 1.61. The lowest BCUT2D eigenvalue weighted by molar-refractivity contribution is -0.144. The molecule has 2 aromatic carbocycles. The highest BCUT2D eigenvalue weighted by Crippen LogP contribution is 2.47. The number of unbranched alkanes of at least 4 members (excludes halogenated alkanes) is 9. The Morgan fingerprint density at radius 1 is 0.659 bits per heavy atom. The molecule has 10 atom stereocenters. The molecule has 2 aliphatic carbocycles. The highest BCUT2D eigenvalue weighted by molar-refractivity contribution is 8.00. The molecule has 7 rings (SSSR count). The molecule has 0 unspecified atom stereocenters. The molecule has 3 aliphatic heterocycles. The first-order valence-corrected chi connectivity index (χ1v) is 35.0. The van der Waals surface area contributed by atoms with Gasteiger partial charge in [0.05, 0.1) is 35.0 Å². The zero-order valence-corrected chi connectivity index (χ0v) is 57.8. The van der Waals surface area contributed by atoms with Crippen LogP contribution < -0.4 is 26.6 Å². The number of amides is 8. The highest BCUT2D eigenvalue weighted by Gasteiger charge is 2.55. The van der Waals surface area contributed by atoms with Crippen molar-refractivity contribution in [3.8, 4) is 0 Å². The number of carbonyl (C=O) groups is 8. The molecule has 3 fully saturated rings. The molecule has 91 heavy (non-hydrogen) atoms. The second-order valence-electron chi connectivity index (χ2n) is 28.5. The number of nitrogens with zero attached hydrogens (tertiary/aromatic N) is 3. The van der Waals surface area contributed by atoms with Crippen molar-refractivity contribution in [3.63, 3.8) is 0 Å². The van der Waals surface area contributed by atoms with Gasteiger partial charge in [-0.2, -0.15) is 0 Å². The molecule has 2 aromatic rings. The van der Waals surface area contributed by atoms with E-state index in [1.807, 2.05) is 58.0 Å². The molecule has 0 aromatic heterocycles. The van der Waals surface area contributed by atoms with E-state index < -0.39 is 76.5 Å². The second-order valence-corrected chi connectivity index (χ2v) is 31.1. The van der Waals surface area contributed by atoms with E-state index in [4.69, 9.17) is 23.7 Å². The van der Waals surface area contributed by atoms with Gasteiger partial charge in [0.1, 0.15) is 47.5 Å². The summed E-state index contributed by atoms with van der Waals surface area (Å²) in [6, 6.07) is 12.1. The minimum atomic E-state index is -0.946. The number of nitrogens with one attached hydrogen (secondary N) is 5. The Morgan fingerprint density at radius 3 is 1.73 bits per heavy atom. The summed E-state index contributed by atoms with van der Waals surface area (Å²) < 4.78 is 29.9. The summed E-state index contributed by atoms with van der Waals surface area (Å²) in [5.74, 6) is -0.617. The lowest BCUT2D eigenvalue weighted by Gasteiger charge is -2.35. The lowest BCUT2D eigenvalue weighted by Crippen LogP contribution is -2.58. The molecule has 8 amide bonds. The largest absolute Gasteiger partial charge is 0.444 e. The topological polar surface area (TPSA) is 253 Å². The van der Waals surface area contributed by atoms with Crippen LogP contribution in [0.15, 0.2) is 48.5 Å². The first kappa shape index (κ1) is 72.6. The van der Waals surface area contributed by atoms with E-state index in [9.17, 15) is 38.4 Å². The predicted molar refractivity (Wildman–Crippen MR) is 353 cm³/mol.